The molecule has 0 saturated heterocycles. The fourth-order valence-electron chi connectivity index (χ4n) is 0.656. The van der Waals surface area contributed by atoms with E-state index in [4.69, 9.17) is 10.5 Å². The number of ether oxygens (including phenoxy) is 1. The molecule has 0 aromatic rings. The Kier molecular flexibility index (Phi) is 5.84. The van der Waals surface area contributed by atoms with Crippen molar-refractivity contribution in [2.45, 2.75) is 39.2 Å². The Balaban J connectivity index is 3.18. The van der Waals surface area contributed by atoms with Crippen LogP contribution in [0.15, 0.2) is 0 Å². The molecular formula is C8H17NO2. The smallest absolute Gasteiger partial charge is 0.322 e. The van der Waals surface area contributed by atoms with E-state index in [-0.39, 0.29) is 5.97 Å². The molecule has 0 heterocycles. The minimum atomic E-state index is -0.489. The molecule has 0 radical (unpaired) electrons. The SMILES string of the molecule is CCCCCOC(=O)C(C)N. The molecule has 3 nitrogen and oxygen atoms in total. The minimum absolute atomic E-state index is 0.305. The van der Waals surface area contributed by atoms with Crippen LogP contribution >= 0.6 is 0 Å². The molecule has 0 aliphatic rings. The van der Waals surface area contributed by atoms with Crippen LogP contribution in [0, 0.1) is 0 Å². The molecule has 0 spiro atoms. The van der Waals surface area contributed by atoms with Gasteiger partial charge in [0.15, 0.2) is 0 Å². The van der Waals surface area contributed by atoms with Crippen LogP contribution < -0.4 is 5.73 Å². The molecule has 0 bridgehead atoms. The van der Waals surface area contributed by atoms with Gasteiger partial charge in [-0.25, -0.2) is 0 Å². The highest BCUT2D eigenvalue weighted by Crippen LogP contribution is 1.94. The number of carbonyl (C=O) groups is 1. The Morgan fingerprint density at radius 1 is 1.55 bits per heavy atom. The highest BCUT2D eigenvalue weighted by molar-refractivity contribution is 5.74. The van der Waals surface area contributed by atoms with E-state index in [0.29, 0.717) is 6.61 Å². The topological polar surface area (TPSA) is 52.3 Å². The molecule has 0 rings (SSSR count). The van der Waals surface area contributed by atoms with Crippen molar-refractivity contribution in [3.63, 3.8) is 0 Å². The molecule has 0 aromatic heterocycles. The van der Waals surface area contributed by atoms with Gasteiger partial charge in [-0.1, -0.05) is 19.8 Å². The van der Waals surface area contributed by atoms with Gasteiger partial charge in [-0.05, 0) is 13.3 Å². The Morgan fingerprint density at radius 2 is 2.18 bits per heavy atom. The van der Waals surface area contributed by atoms with Crippen molar-refractivity contribution in [3.8, 4) is 0 Å². The molecule has 11 heavy (non-hydrogen) atoms. The van der Waals surface area contributed by atoms with Gasteiger partial charge in [-0.3, -0.25) is 4.79 Å². The summed E-state index contributed by atoms with van der Waals surface area (Å²) in [5.41, 5.74) is 5.28. The lowest BCUT2D eigenvalue weighted by molar-refractivity contribution is -0.144. The summed E-state index contributed by atoms with van der Waals surface area (Å²) < 4.78 is 4.84. The van der Waals surface area contributed by atoms with Crippen LogP contribution in [0.2, 0.25) is 0 Å². The lowest BCUT2D eigenvalue weighted by Crippen LogP contribution is -2.28. The predicted octanol–water partition coefficient (Wildman–Crippen LogP) is 1.07. The van der Waals surface area contributed by atoms with Crippen molar-refractivity contribution >= 4 is 5.97 Å². The third-order valence-corrected chi connectivity index (χ3v) is 1.36. The van der Waals surface area contributed by atoms with E-state index in [1.807, 2.05) is 0 Å². The van der Waals surface area contributed by atoms with E-state index in [1.165, 1.54) is 0 Å². The molecule has 66 valence electrons. The number of carbonyl (C=O) groups excluding carboxylic acids is 1. The normalized spacial score (nSPS) is 12.6. The first-order chi connectivity index (χ1) is 5.18. The van der Waals surface area contributed by atoms with Crippen LogP contribution in [0.3, 0.4) is 0 Å². The summed E-state index contributed by atoms with van der Waals surface area (Å²) in [6.45, 7) is 4.24. The standard InChI is InChI=1S/C8H17NO2/c1-3-4-5-6-11-8(10)7(2)9/h7H,3-6,9H2,1-2H3. The molecule has 0 amide bonds. The van der Waals surface area contributed by atoms with Gasteiger partial charge in [0.2, 0.25) is 0 Å². The van der Waals surface area contributed by atoms with Crippen molar-refractivity contribution in [1.82, 2.24) is 0 Å². The first-order valence-corrected chi connectivity index (χ1v) is 4.10. The second-order valence-corrected chi connectivity index (χ2v) is 2.66. The summed E-state index contributed by atoms with van der Waals surface area (Å²) in [7, 11) is 0. The first kappa shape index (κ1) is 10.4. The molecule has 0 aliphatic carbocycles. The Bertz CT molecular complexity index is 113. The average Bonchev–Trinajstić information content (AvgIpc) is 1.97. The number of unbranched alkanes of at least 4 members (excludes halogenated alkanes) is 2. The molecule has 1 unspecified atom stereocenters. The Hall–Kier alpha value is -0.570. The largest absolute Gasteiger partial charge is 0.465 e. The summed E-state index contributed by atoms with van der Waals surface area (Å²) in [5.74, 6) is -0.305. The summed E-state index contributed by atoms with van der Waals surface area (Å²) >= 11 is 0. The van der Waals surface area contributed by atoms with Gasteiger partial charge in [0.05, 0.1) is 6.61 Å². The molecular weight excluding hydrogens is 142 g/mol. The van der Waals surface area contributed by atoms with E-state index >= 15 is 0 Å². The number of rotatable bonds is 5. The third kappa shape index (κ3) is 5.85. The van der Waals surface area contributed by atoms with Crippen LogP contribution in [0.25, 0.3) is 0 Å². The van der Waals surface area contributed by atoms with Gasteiger partial charge in [0, 0.05) is 0 Å². The second kappa shape index (κ2) is 6.16. The van der Waals surface area contributed by atoms with Gasteiger partial charge < -0.3 is 10.5 Å². The summed E-state index contributed by atoms with van der Waals surface area (Å²) in [6, 6.07) is -0.489. The van der Waals surface area contributed by atoms with Crippen LogP contribution in [-0.2, 0) is 9.53 Å². The van der Waals surface area contributed by atoms with E-state index < -0.39 is 6.04 Å². The lowest BCUT2D eigenvalue weighted by Gasteiger charge is -2.05. The quantitative estimate of drug-likeness (QED) is 0.482. The maximum atomic E-state index is 10.8. The van der Waals surface area contributed by atoms with E-state index in [0.717, 1.165) is 19.3 Å². The first-order valence-electron chi connectivity index (χ1n) is 4.10. The number of nitrogens with two attached hydrogens (primary N) is 1. The Labute approximate surface area is 67.9 Å². The number of hydrogen-bond acceptors (Lipinski definition) is 3. The predicted molar refractivity (Wildman–Crippen MR) is 44.1 cm³/mol. The monoisotopic (exact) mass is 159 g/mol. The van der Waals surface area contributed by atoms with Crippen molar-refractivity contribution in [2.75, 3.05) is 6.61 Å². The fraction of sp³-hybridized carbons (Fsp3) is 0.875. The van der Waals surface area contributed by atoms with E-state index in [2.05, 4.69) is 6.92 Å². The van der Waals surface area contributed by atoms with Gasteiger partial charge in [-0.2, -0.15) is 0 Å². The number of hydrogen-bond donors (Lipinski definition) is 1. The minimum Gasteiger partial charge on any atom is -0.465 e. The zero-order chi connectivity index (χ0) is 8.69. The molecule has 2 N–H and O–H groups in total. The molecule has 0 fully saturated rings. The second-order valence-electron chi connectivity index (χ2n) is 2.66. The molecule has 0 aromatic carbocycles. The Morgan fingerprint density at radius 3 is 2.64 bits per heavy atom. The van der Waals surface area contributed by atoms with E-state index in [1.54, 1.807) is 6.92 Å². The van der Waals surface area contributed by atoms with Crippen molar-refractivity contribution < 1.29 is 9.53 Å². The van der Waals surface area contributed by atoms with E-state index in [9.17, 15) is 4.79 Å². The summed E-state index contributed by atoms with van der Waals surface area (Å²) in [5, 5.41) is 0. The van der Waals surface area contributed by atoms with Crippen LogP contribution in [-0.4, -0.2) is 18.6 Å². The maximum Gasteiger partial charge on any atom is 0.322 e. The van der Waals surface area contributed by atoms with Crippen LogP contribution in [0.4, 0.5) is 0 Å². The van der Waals surface area contributed by atoms with Gasteiger partial charge in [-0.15, -0.1) is 0 Å². The van der Waals surface area contributed by atoms with Crippen molar-refractivity contribution in [3.05, 3.63) is 0 Å². The number of esters is 1. The lowest BCUT2D eigenvalue weighted by atomic mass is 10.3. The molecule has 1 atom stereocenters. The highest BCUT2D eigenvalue weighted by atomic mass is 16.5. The zero-order valence-electron chi connectivity index (χ0n) is 7.30. The zero-order valence-corrected chi connectivity index (χ0v) is 7.30. The third-order valence-electron chi connectivity index (χ3n) is 1.36. The van der Waals surface area contributed by atoms with Crippen molar-refractivity contribution in [1.29, 1.82) is 0 Å². The average molecular weight is 159 g/mol. The van der Waals surface area contributed by atoms with Gasteiger partial charge >= 0.3 is 5.97 Å². The maximum absolute atomic E-state index is 10.8. The van der Waals surface area contributed by atoms with Crippen molar-refractivity contribution in [2.24, 2.45) is 5.73 Å². The van der Waals surface area contributed by atoms with Gasteiger partial charge in [0.25, 0.3) is 0 Å². The van der Waals surface area contributed by atoms with Crippen LogP contribution in [0.1, 0.15) is 33.1 Å². The van der Waals surface area contributed by atoms with Gasteiger partial charge in [0.1, 0.15) is 6.04 Å². The molecule has 0 aliphatic heterocycles. The summed E-state index contributed by atoms with van der Waals surface area (Å²) in [6.07, 6.45) is 3.18. The molecule has 3 heteroatoms. The highest BCUT2D eigenvalue weighted by Gasteiger charge is 2.06. The summed E-state index contributed by atoms with van der Waals surface area (Å²) in [4.78, 5) is 10.8. The fourth-order valence-corrected chi connectivity index (χ4v) is 0.656. The molecule has 0 saturated carbocycles. The van der Waals surface area contributed by atoms with Crippen LogP contribution in [0.5, 0.6) is 0 Å².